The monoisotopic (exact) mass is 305 g/mol. The molecule has 0 spiro atoms. The number of anilines is 1. The van der Waals surface area contributed by atoms with Crippen molar-refractivity contribution < 1.29 is 0 Å². The second-order valence-corrected chi connectivity index (χ2v) is 6.37. The first-order valence-corrected chi connectivity index (χ1v) is 7.81. The zero-order valence-electron chi connectivity index (χ0n) is 11.2. The summed E-state index contributed by atoms with van der Waals surface area (Å²) in [5.74, 6) is 0.0221. The summed E-state index contributed by atoms with van der Waals surface area (Å²) in [7, 11) is 0. The largest absolute Gasteiger partial charge is 0.384 e. The van der Waals surface area contributed by atoms with Gasteiger partial charge in [0.05, 0.1) is 16.6 Å². The van der Waals surface area contributed by atoms with Crippen LogP contribution >= 0.6 is 22.9 Å². The Hall–Kier alpha value is -1.52. The van der Waals surface area contributed by atoms with Crippen molar-refractivity contribution in [3.05, 3.63) is 50.7 Å². The number of hydrogen-bond acceptors (Lipinski definition) is 3. The highest BCUT2D eigenvalue weighted by Crippen LogP contribution is 2.38. The Morgan fingerprint density at radius 1 is 1.45 bits per heavy atom. The van der Waals surface area contributed by atoms with E-state index in [-0.39, 0.29) is 11.9 Å². The van der Waals surface area contributed by atoms with Gasteiger partial charge in [-0.15, -0.1) is 11.3 Å². The van der Waals surface area contributed by atoms with Crippen LogP contribution in [0.5, 0.6) is 0 Å². The van der Waals surface area contributed by atoms with Crippen molar-refractivity contribution in [1.29, 1.82) is 5.41 Å². The lowest BCUT2D eigenvalue weighted by atomic mass is 9.99. The van der Waals surface area contributed by atoms with Crippen LogP contribution in [0.3, 0.4) is 0 Å². The second kappa shape index (κ2) is 5.11. The average Bonchev–Trinajstić information content (AvgIpc) is 2.87. The molecule has 0 saturated heterocycles. The molecule has 5 heteroatoms. The molecule has 2 aromatic rings. The van der Waals surface area contributed by atoms with Gasteiger partial charge in [0.2, 0.25) is 0 Å². The van der Waals surface area contributed by atoms with E-state index in [0.29, 0.717) is 10.6 Å². The molecule has 3 rings (SSSR count). The maximum Gasteiger partial charge on any atom is 0.126 e. The maximum atomic E-state index is 7.79. The summed E-state index contributed by atoms with van der Waals surface area (Å²) in [5, 5.41) is 10.5. The van der Waals surface area contributed by atoms with E-state index in [4.69, 9.17) is 22.7 Å². The van der Waals surface area contributed by atoms with Crippen LogP contribution in [-0.4, -0.2) is 12.4 Å². The first-order valence-electron chi connectivity index (χ1n) is 6.55. The van der Waals surface area contributed by atoms with Gasteiger partial charge in [0.1, 0.15) is 5.84 Å². The highest BCUT2D eigenvalue weighted by atomic mass is 35.5. The van der Waals surface area contributed by atoms with Crippen LogP contribution in [0.1, 0.15) is 29.0 Å². The predicted octanol–water partition coefficient (Wildman–Crippen LogP) is 3.81. The van der Waals surface area contributed by atoms with Crippen molar-refractivity contribution in [1.82, 2.24) is 0 Å². The molecule has 1 aliphatic heterocycles. The summed E-state index contributed by atoms with van der Waals surface area (Å²) in [4.78, 5) is 3.75. The first kappa shape index (κ1) is 13.5. The van der Waals surface area contributed by atoms with Gasteiger partial charge in [0, 0.05) is 17.1 Å². The van der Waals surface area contributed by atoms with E-state index >= 15 is 0 Å². The summed E-state index contributed by atoms with van der Waals surface area (Å²) in [6, 6.07) is 8.17. The molecule has 1 aromatic carbocycles. The molecule has 1 unspecified atom stereocenters. The number of thiophene rings is 1. The van der Waals surface area contributed by atoms with Crippen molar-refractivity contribution in [2.75, 3.05) is 11.4 Å². The zero-order valence-corrected chi connectivity index (χ0v) is 12.8. The van der Waals surface area contributed by atoms with Gasteiger partial charge >= 0.3 is 0 Å². The third-order valence-electron chi connectivity index (χ3n) is 3.85. The Bertz CT molecular complexity index is 665. The second-order valence-electron chi connectivity index (χ2n) is 4.97. The highest BCUT2D eigenvalue weighted by Gasteiger charge is 2.27. The number of nitrogens with one attached hydrogen (secondary N) is 1. The molecule has 1 aromatic heterocycles. The van der Waals surface area contributed by atoms with Crippen molar-refractivity contribution in [2.24, 2.45) is 5.73 Å². The molecule has 3 nitrogen and oxygen atoms in total. The molecule has 2 heterocycles. The molecule has 1 aliphatic rings. The molecule has 0 fully saturated rings. The molecule has 0 radical (unpaired) electrons. The number of fused-ring (bicyclic) bond motifs is 1. The van der Waals surface area contributed by atoms with Crippen molar-refractivity contribution >= 4 is 34.5 Å². The maximum absolute atomic E-state index is 7.79. The summed E-state index contributed by atoms with van der Waals surface area (Å²) < 4.78 is 0. The van der Waals surface area contributed by atoms with E-state index in [1.165, 1.54) is 10.4 Å². The fourth-order valence-electron chi connectivity index (χ4n) is 2.86. The van der Waals surface area contributed by atoms with Crippen LogP contribution in [-0.2, 0) is 6.42 Å². The van der Waals surface area contributed by atoms with Crippen LogP contribution in [0.15, 0.2) is 29.6 Å². The Labute approximate surface area is 127 Å². The predicted molar refractivity (Wildman–Crippen MR) is 86.3 cm³/mol. The van der Waals surface area contributed by atoms with E-state index in [1.807, 2.05) is 23.5 Å². The fraction of sp³-hybridized carbons (Fsp3) is 0.267. The molecule has 0 bridgehead atoms. The van der Waals surface area contributed by atoms with E-state index < -0.39 is 0 Å². The lowest BCUT2D eigenvalue weighted by Crippen LogP contribution is -2.34. The minimum atomic E-state index is 0.0221. The molecule has 104 valence electrons. The average molecular weight is 306 g/mol. The minimum Gasteiger partial charge on any atom is -0.384 e. The lowest BCUT2D eigenvalue weighted by molar-refractivity contribution is 0.632. The smallest absolute Gasteiger partial charge is 0.126 e. The molecular weight excluding hydrogens is 290 g/mol. The van der Waals surface area contributed by atoms with Crippen molar-refractivity contribution in [2.45, 2.75) is 19.4 Å². The van der Waals surface area contributed by atoms with Crippen LogP contribution in [0, 0.1) is 5.41 Å². The van der Waals surface area contributed by atoms with Gasteiger partial charge in [-0.3, -0.25) is 5.41 Å². The molecule has 20 heavy (non-hydrogen) atoms. The number of amidine groups is 1. The Balaban J connectivity index is 2.07. The van der Waals surface area contributed by atoms with Crippen LogP contribution in [0.4, 0.5) is 5.69 Å². The third-order valence-corrected chi connectivity index (χ3v) is 5.16. The number of halogens is 1. The number of hydrogen-bond donors (Lipinski definition) is 2. The van der Waals surface area contributed by atoms with Gasteiger partial charge in [-0.25, -0.2) is 0 Å². The Kier molecular flexibility index (Phi) is 3.44. The standard InChI is InChI=1S/C15H16ClN3S/c1-9-10-6-8-20-13(10)5-7-19(9)12-4-2-3-11(16)14(12)15(17)18/h2-4,6,8-9H,5,7H2,1H3,(H3,17,18). The topological polar surface area (TPSA) is 53.1 Å². The summed E-state index contributed by atoms with van der Waals surface area (Å²) in [6.07, 6.45) is 1.03. The number of rotatable bonds is 2. The SMILES string of the molecule is CC1c2ccsc2CCN1c1cccc(Cl)c1C(=N)N. The van der Waals surface area contributed by atoms with E-state index in [2.05, 4.69) is 23.3 Å². The Morgan fingerprint density at radius 2 is 2.25 bits per heavy atom. The summed E-state index contributed by atoms with van der Waals surface area (Å²) in [5.41, 5.74) is 8.68. The van der Waals surface area contributed by atoms with Crippen molar-refractivity contribution in [3.63, 3.8) is 0 Å². The number of nitrogens with zero attached hydrogens (tertiary/aromatic N) is 1. The van der Waals surface area contributed by atoms with Gasteiger partial charge in [0.25, 0.3) is 0 Å². The lowest BCUT2D eigenvalue weighted by Gasteiger charge is -2.36. The molecule has 1 atom stereocenters. The van der Waals surface area contributed by atoms with Gasteiger partial charge < -0.3 is 10.6 Å². The fourth-order valence-corrected chi connectivity index (χ4v) is 4.09. The summed E-state index contributed by atoms with van der Waals surface area (Å²) in [6.45, 7) is 3.12. The summed E-state index contributed by atoms with van der Waals surface area (Å²) >= 11 is 8.05. The van der Waals surface area contributed by atoms with Crippen LogP contribution < -0.4 is 10.6 Å². The minimum absolute atomic E-state index is 0.0221. The number of nitrogen functional groups attached to an aromatic ring is 1. The van der Waals surface area contributed by atoms with E-state index in [1.54, 1.807) is 6.07 Å². The normalized spacial score (nSPS) is 17.9. The van der Waals surface area contributed by atoms with Crippen LogP contribution in [0.25, 0.3) is 0 Å². The Morgan fingerprint density at radius 3 is 3.00 bits per heavy atom. The number of nitrogens with two attached hydrogens (primary N) is 1. The third kappa shape index (κ3) is 2.09. The molecular formula is C15H16ClN3S. The molecule has 0 amide bonds. The van der Waals surface area contributed by atoms with E-state index in [9.17, 15) is 0 Å². The molecule has 3 N–H and O–H groups in total. The van der Waals surface area contributed by atoms with Gasteiger partial charge in [0.15, 0.2) is 0 Å². The van der Waals surface area contributed by atoms with Gasteiger partial charge in [-0.2, -0.15) is 0 Å². The van der Waals surface area contributed by atoms with Crippen LogP contribution in [0.2, 0.25) is 5.02 Å². The molecule has 0 saturated carbocycles. The van der Waals surface area contributed by atoms with Gasteiger partial charge in [-0.05, 0) is 42.5 Å². The van der Waals surface area contributed by atoms with Crippen molar-refractivity contribution in [3.8, 4) is 0 Å². The quantitative estimate of drug-likeness (QED) is 0.655. The zero-order chi connectivity index (χ0) is 14.3. The van der Waals surface area contributed by atoms with E-state index in [0.717, 1.165) is 18.7 Å². The first-order chi connectivity index (χ1) is 9.59. The number of benzene rings is 1. The highest BCUT2D eigenvalue weighted by molar-refractivity contribution is 7.10. The molecule has 0 aliphatic carbocycles. The van der Waals surface area contributed by atoms with Gasteiger partial charge in [-0.1, -0.05) is 17.7 Å².